The SMILES string of the molecule is Cc1cc(NC(=O)N2CCc3cn(C)c4cccc(c34)C2)ccc1Br. The number of carbonyl (C=O) groups excluding carboxylic acids is 1. The molecule has 0 fully saturated rings. The number of hydrogen-bond acceptors (Lipinski definition) is 1. The van der Waals surface area contributed by atoms with E-state index in [0.29, 0.717) is 6.54 Å². The van der Waals surface area contributed by atoms with Crippen molar-refractivity contribution in [1.82, 2.24) is 9.47 Å². The molecule has 128 valence electrons. The molecule has 0 aliphatic carbocycles. The summed E-state index contributed by atoms with van der Waals surface area (Å²) in [7, 11) is 2.08. The number of aryl methyl sites for hydroxylation is 2. The zero-order valence-electron chi connectivity index (χ0n) is 14.3. The van der Waals surface area contributed by atoms with Crippen LogP contribution in [0.3, 0.4) is 0 Å². The van der Waals surface area contributed by atoms with Crippen LogP contribution >= 0.6 is 15.9 Å². The lowest BCUT2D eigenvalue weighted by Crippen LogP contribution is -2.35. The van der Waals surface area contributed by atoms with Crippen LogP contribution in [0.15, 0.2) is 47.1 Å². The highest BCUT2D eigenvalue weighted by Gasteiger charge is 2.22. The second kappa shape index (κ2) is 6.23. The van der Waals surface area contributed by atoms with E-state index < -0.39 is 0 Å². The Morgan fingerprint density at radius 1 is 1.20 bits per heavy atom. The molecule has 0 saturated carbocycles. The predicted molar refractivity (Wildman–Crippen MR) is 105 cm³/mol. The summed E-state index contributed by atoms with van der Waals surface area (Å²) in [6.45, 7) is 3.37. The van der Waals surface area contributed by atoms with E-state index in [1.54, 1.807) is 0 Å². The van der Waals surface area contributed by atoms with Crippen LogP contribution in [0.2, 0.25) is 0 Å². The third-order valence-corrected chi connectivity index (χ3v) is 5.78. The maximum atomic E-state index is 12.8. The van der Waals surface area contributed by atoms with Crippen LogP contribution in [0, 0.1) is 6.92 Å². The molecule has 0 bridgehead atoms. The zero-order valence-corrected chi connectivity index (χ0v) is 15.9. The van der Waals surface area contributed by atoms with Crippen LogP contribution in [0.4, 0.5) is 10.5 Å². The average Bonchev–Trinajstić information content (AvgIpc) is 2.80. The fourth-order valence-corrected chi connectivity index (χ4v) is 3.83. The van der Waals surface area contributed by atoms with E-state index in [-0.39, 0.29) is 6.03 Å². The van der Waals surface area contributed by atoms with Crippen LogP contribution in [0.25, 0.3) is 10.9 Å². The van der Waals surface area contributed by atoms with Crippen molar-refractivity contribution in [3.05, 3.63) is 63.8 Å². The topological polar surface area (TPSA) is 37.3 Å². The van der Waals surface area contributed by atoms with Crippen LogP contribution in [-0.4, -0.2) is 22.0 Å². The maximum Gasteiger partial charge on any atom is 0.322 e. The highest BCUT2D eigenvalue weighted by atomic mass is 79.9. The normalized spacial score (nSPS) is 13.8. The van der Waals surface area contributed by atoms with E-state index in [4.69, 9.17) is 0 Å². The van der Waals surface area contributed by atoms with Gasteiger partial charge in [0.25, 0.3) is 0 Å². The van der Waals surface area contributed by atoms with Gasteiger partial charge < -0.3 is 14.8 Å². The summed E-state index contributed by atoms with van der Waals surface area (Å²) in [6, 6.07) is 12.2. The summed E-state index contributed by atoms with van der Waals surface area (Å²) < 4.78 is 3.22. The number of urea groups is 1. The first-order chi connectivity index (χ1) is 12.0. The summed E-state index contributed by atoms with van der Waals surface area (Å²) in [5.41, 5.74) is 5.70. The Morgan fingerprint density at radius 2 is 2.04 bits per heavy atom. The minimum atomic E-state index is -0.0479. The molecule has 0 atom stereocenters. The molecule has 1 N–H and O–H groups in total. The molecule has 2 amide bonds. The van der Waals surface area contributed by atoms with Gasteiger partial charge in [0.2, 0.25) is 0 Å². The second-order valence-electron chi connectivity index (χ2n) is 6.64. The fourth-order valence-electron chi connectivity index (χ4n) is 3.58. The number of nitrogens with zero attached hydrogens (tertiary/aromatic N) is 2. The van der Waals surface area contributed by atoms with E-state index in [1.165, 1.54) is 22.0 Å². The Kier molecular flexibility index (Phi) is 4.04. The molecule has 25 heavy (non-hydrogen) atoms. The van der Waals surface area contributed by atoms with Gasteiger partial charge in [-0.25, -0.2) is 4.79 Å². The van der Waals surface area contributed by atoms with Crippen LogP contribution in [0.1, 0.15) is 16.7 Å². The number of nitrogens with one attached hydrogen (secondary N) is 1. The van der Waals surface area contributed by atoms with Crippen molar-refractivity contribution in [2.75, 3.05) is 11.9 Å². The Bertz CT molecular complexity index is 976. The van der Waals surface area contributed by atoms with Gasteiger partial charge in [-0.1, -0.05) is 28.1 Å². The van der Waals surface area contributed by atoms with Crippen molar-refractivity contribution in [1.29, 1.82) is 0 Å². The third kappa shape index (κ3) is 2.93. The number of halogens is 1. The zero-order chi connectivity index (χ0) is 17.6. The van der Waals surface area contributed by atoms with Crippen molar-refractivity contribution in [3.8, 4) is 0 Å². The quantitative estimate of drug-likeness (QED) is 0.626. The molecule has 5 heteroatoms. The first-order valence-corrected chi connectivity index (χ1v) is 9.20. The molecule has 3 aromatic rings. The van der Waals surface area contributed by atoms with Crippen LogP contribution in [0.5, 0.6) is 0 Å². The summed E-state index contributed by atoms with van der Waals surface area (Å²) in [5.74, 6) is 0. The number of anilines is 1. The lowest BCUT2D eigenvalue weighted by atomic mass is 10.1. The smallest absolute Gasteiger partial charge is 0.322 e. The molecule has 2 heterocycles. The van der Waals surface area contributed by atoms with Gasteiger partial charge >= 0.3 is 6.03 Å². The minimum absolute atomic E-state index is 0.0479. The molecule has 1 aliphatic heterocycles. The van der Waals surface area contributed by atoms with Crippen molar-refractivity contribution in [3.63, 3.8) is 0 Å². The molecule has 1 aliphatic rings. The predicted octanol–water partition coefficient (Wildman–Crippen LogP) is 4.84. The molecule has 0 unspecified atom stereocenters. The lowest BCUT2D eigenvalue weighted by Gasteiger charge is -2.22. The summed E-state index contributed by atoms with van der Waals surface area (Å²) in [4.78, 5) is 14.7. The molecule has 0 spiro atoms. The van der Waals surface area contributed by atoms with E-state index in [1.807, 2.05) is 30.0 Å². The Labute approximate surface area is 155 Å². The van der Waals surface area contributed by atoms with E-state index >= 15 is 0 Å². The van der Waals surface area contributed by atoms with E-state index in [2.05, 4.69) is 57.3 Å². The van der Waals surface area contributed by atoms with Crippen molar-refractivity contribution in [2.24, 2.45) is 7.05 Å². The van der Waals surface area contributed by atoms with Gasteiger partial charge in [0.15, 0.2) is 0 Å². The Balaban J connectivity index is 1.59. The van der Waals surface area contributed by atoms with Gasteiger partial charge in [0, 0.05) is 47.4 Å². The molecule has 0 saturated heterocycles. The summed E-state index contributed by atoms with van der Waals surface area (Å²) in [5, 5.41) is 4.34. The molecular formula is C20H20BrN3O. The largest absolute Gasteiger partial charge is 0.350 e. The van der Waals surface area contributed by atoms with Gasteiger partial charge in [0.1, 0.15) is 0 Å². The van der Waals surface area contributed by atoms with Crippen molar-refractivity contribution in [2.45, 2.75) is 19.9 Å². The second-order valence-corrected chi connectivity index (χ2v) is 7.50. The molecule has 0 radical (unpaired) electrons. The number of amides is 2. The van der Waals surface area contributed by atoms with Gasteiger partial charge in [-0.05, 0) is 54.3 Å². The highest BCUT2D eigenvalue weighted by molar-refractivity contribution is 9.10. The molecule has 1 aromatic heterocycles. The number of aromatic nitrogens is 1. The standard InChI is InChI=1S/C20H20BrN3O/c1-13-10-16(6-7-17(13)21)22-20(25)24-9-8-15-11-23(2)18-5-3-4-14(12-24)19(15)18/h3-7,10-11H,8-9,12H2,1-2H3,(H,22,25). The van der Waals surface area contributed by atoms with Crippen molar-refractivity contribution < 1.29 is 4.79 Å². The van der Waals surface area contributed by atoms with Gasteiger partial charge in [-0.15, -0.1) is 0 Å². The molecule has 4 nitrogen and oxygen atoms in total. The highest BCUT2D eigenvalue weighted by Crippen LogP contribution is 2.29. The number of rotatable bonds is 1. The van der Waals surface area contributed by atoms with E-state index in [0.717, 1.165) is 28.7 Å². The van der Waals surface area contributed by atoms with Crippen molar-refractivity contribution >= 4 is 38.6 Å². The van der Waals surface area contributed by atoms with Crippen LogP contribution < -0.4 is 5.32 Å². The first kappa shape index (κ1) is 16.2. The maximum absolute atomic E-state index is 12.8. The number of hydrogen-bond donors (Lipinski definition) is 1. The van der Waals surface area contributed by atoms with Gasteiger partial charge in [-0.2, -0.15) is 0 Å². The Hall–Kier alpha value is -2.27. The van der Waals surface area contributed by atoms with Gasteiger partial charge in [-0.3, -0.25) is 0 Å². The molecule has 4 rings (SSSR count). The summed E-state index contributed by atoms with van der Waals surface area (Å²) in [6.07, 6.45) is 3.06. The molecular weight excluding hydrogens is 378 g/mol. The van der Waals surface area contributed by atoms with Gasteiger partial charge in [0.05, 0.1) is 0 Å². The van der Waals surface area contributed by atoms with E-state index in [9.17, 15) is 4.79 Å². The fraction of sp³-hybridized carbons (Fsp3) is 0.250. The first-order valence-electron chi connectivity index (χ1n) is 8.41. The number of benzene rings is 2. The summed E-state index contributed by atoms with van der Waals surface area (Å²) >= 11 is 3.49. The Morgan fingerprint density at radius 3 is 2.84 bits per heavy atom. The monoisotopic (exact) mass is 397 g/mol. The minimum Gasteiger partial charge on any atom is -0.350 e. The molecule has 2 aromatic carbocycles. The average molecular weight is 398 g/mol. The number of carbonyl (C=O) groups is 1. The van der Waals surface area contributed by atoms with Crippen LogP contribution in [-0.2, 0) is 20.0 Å². The lowest BCUT2D eigenvalue weighted by molar-refractivity contribution is 0.210. The third-order valence-electron chi connectivity index (χ3n) is 4.89.